The van der Waals surface area contributed by atoms with Gasteiger partial charge in [-0.1, -0.05) is 13.8 Å². The first-order chi connectivity index (χ1) is 18.1. The fourth-order valence-corrected chi connectivity index (χ4v) is 3.52. The van der Waals surface area contributed by atoms with Gasteiger partial charge < -0.3 is 25.5 Å². The summed E-state index contributed by atoms with van der Waals surface area (Å²) in [5, 5.41) is 6.41. The summed E-state index contributed by atoms with van der Waals surface area (Å²) in [7, 11) is 4.64. The lowest BCUT2D eigenvalue weighted by Crippen LogP contribution is -2.32. The molecule has 4 rings (SSSR count). The minimum absolute atomic E-state index is 0.241. The summed E-state index contributed by atoms with van der Waals surface area (Å²) in [6, 6.07) is 8.26. The van der Waals surface area contributed by atoms with Gasteiger partial charge in [0.15, 0.2) is 0 Å². The predicted octanol–water partition coefficient (Wildman–Crippen LogP) is 2.19. The molecular formula is C26H33N7O5. The smallest absolute Gasteiger partial charge is 0.328 e. The number of carbonyl (C=O) groups excluding carboxylic acids is 2. The average molecular weight is 524 g/mol. The molecule has 0 saturated heterocycles. The quantitative estimate of drug-likeness (QED) is 0.291. The van der Waals surface area contributed by atoms with Gasteiger partial charge in [0.05, 0.1) is 33.1 Å². The van der Waals surface area contributed by atoms with Crippen LogP contribution in [0.5, 0.6) is 0 Å². The van der Waals surface area contributed by atoms with Crippen molar-refractivity contribution in [2.45, 2.75) is 27.7 Å². The van der Waals surface area contributed by atoms with Gasteiger partial charge in [0, 0.05) is 33.4 Å². The standard InChI is InChI=1S/C13H14N4O3.C11H13N3O2.C2H6/c1-7-15-11-5-10(14-6-18)9(13(20)17(2)3)4-8(11)12(19)16-7;1-3-12-7-4-5-8-9(6-7)13-11(16)14(2)10(8)15;1-2/h4-6H,1-3H3,(H,14,18)(H,15,16,19);4-6,12H,3H2,1-2H3,(H,13,16);1-2H3. The summed E-state index contributed by atoms with van der Waals surface area (Å²) >= 11 is 0. The van der Waals surface area contributed by atoms with Crippen molar-refractivity contribution in [2.75, 3.05) is 31.3 Å². The van der Waals surface area contributed by atoms with Crippen LogP contribution in [-0.2, 0) is 11.8 Å². The van der Waals surface area contributed by atoms with Crippen molar-refractivity contribution in [2.24, 2.45) is 7.05 Å². The van der Waals surface area contributed by atoms with Crippen LogP contribution in [-0.4, -0.2) is 57.4 Å². The number of fused-ring (bicyclic) bond motifs is 2. The molecule has 0 fully saturated rings. The molecule has 0 aliphatic rings. The molecule has 0 saturated carbocycles. The van der Waals surface area contributed by atoms with Crippen molar-refractivity contribution < 1.29 is 9.59 Å². The number of amides is 2. The van der Waals surface area contributed by atoms with Crippen molar-refractivity contribution in [3.05, 3.63) is 72.9 Å². The maximum Gasteiger partial charge on any atom is 0.328 e. The van der Waals surface area contributed by atoms with Crippen molar-refractivity contribution in [1.82, 2.24) is 24.4 Å². The molecular weight excluding hydrogens is 490 g/mol. The molecule has 0 radical (unpaired) electrons. The fourth-order valence-electron chi connectivity index (χ4n) is 3.52. The monoisotopic (exact) mass is 523 g/mol. The average Bonchev–Trinajstić information content (AvgIpc) is 2.88. The third-order valence-corrected chi connectivity index (χ3v) is 5.30. The number of nitrogens with zero attached hydrogens (tertiary/aromatic N) is 3. The van der Waals surface area contributed by atoms with Crippen LogP contribution in [0.25, 0.3) is 21.8 Å². The molecule has 2 heterocycles. The Kier molecular flexibility index (Phi) is 10.1. The maximum absolute atomic E-state index is 12.1. The first-order valence-corrected chi connectivity index (χ1v) is 12.0. The van der Waals surface area contributed by atoms with Crippen LogP contribution in [0, 0.1) is 6.92 Å². The summed E-state index contributed by atoms with van der Waals surface area (Å²) in [4.78, 5) is 68.6. The normalized spacial score (nSPS) is 10.1. The highest BCUT2D eigenvalue weighted by Gasteiger charge is 2.16. The molecule has 4 N–H and O–H groups in total. The first-order valence-electron chi connectivity index (χ1n) is 12.0. The summed E-state index contributed by atoms with van der Waals surface area (Å²) in [6.45, 7) is 8.43. The van der Waals surface area contributed by atoms with Crippen molar-refractivity contribution in [1.29, 1.82) is 0 Å². The van der Waals surface area contributed by atoms with Crippen molar-refractivity contribution in [3.63, 3.8) is 0 Å². The maximum atomic E-state index is 12.1. The van der Waals surface area contributed by atoms with Crippen molar-refractivity contribution >= 4 is 45.5 Å². The number of anilines is 2. The van der Waals surface area contributed by atoms with E-state index in [4.69, 9.17) is 0 Å². The molecule has 2 amide bonds. The number of rotatable bonds is 5. The van der Waals surface area contributed by atoms with E-state index in [1.54, 1.807) is 33.2 Å². The van der Waals surface area contributed by atoms with Crippen LogP contribution in [0.1, 0.15) is 37.0 Å². The number of hydrogen-bond donors (Lipinski definition) is 4. The Balaban J connectivity index is 0.000000256. The molecule has 12 nitrogen and oxygen atoms in total. The Labute approximate surface area is 218 Å². The summed E-state index contributed by atoms with van der Waals surface area (Å²) in [5.41, 5.74) is 1.44. The Morgan fingerprint density at radius 3 is 2.37 bits per heavy atom. The summed E-state index contributed by atoms with van der Waals surface area (Å²) in [6.07, 6.45) is 0.480. The predicted molar refractivity (Wildman–Crippen MR) is 150 cm³/mol. The minimum atomic E-state index is -0.397. The van der Waals surface area contributed by atoms with E-state index < -0.39 is 5.69 Å². The molecule has 0 aliphatic heterocycles. The third-order valence-electron chi connectivity index (χ3n) is 5.30. The second-order valence-electron chi connectivity index (χ2n) is 8.11. The van der Waals surface area contributed by atoms with Gasteiger partial charge in [-0.05, 0) is 44.2 Å². The van der Waals surface area contributed by atoms with Gasteiger partial charge in [-0.15, -0.1) is 0 Å². The van der Waals surface area contributed by atoms with Gasteiger partial charge in [-0.3, -0.25) is 23.7 Å². The van der Waals surface area contributed by atoms with Crippen LogP contribution >= 0.6 is 0 Å². The van der Waals surface area contributed by atoms with E-state index in [0.717, 1.165) is 16.8 Å². The van der Waals surface area contributed by atoms with Gasteiger partial charge >= 0.3 is 5.69 Å². The SMILES string of the molecule is CC.CCNc1ccc2c(=O)n(C)c(=O)[nH]c2c1.Cc1nc2cc(NC=O)c(C(=O)N(C)C)cc2c(=O)[nH]1. The lowest BCUT2D eigenvalue weighted by Gasteiger charge is -2.14. The number of hydrogen-bond acceptors (Lipinski definition) is 7. The van der Waals surface area contributed by atoms with E-state index in [-0.39, 0.29) is 22.6 Å². The molecule has 2 aromatic carbocycles. The molecule has 4 aromatic rings. The Morgan fingerprint density at radius 2 is 1.76 bits per heavy atom. The highest BCUT2D eigenvalue weighted by atomic mass is 16.2. The van der Waals surface area contributed by atoms with Crippen LogP contribution in [0.4, 0.5) is 11.4 Å². The van der Waals surface area contributed by atoms with Gasteiger partial charge in [-0.2, -0.15) is 0 Å². The number of aromatic nitrogens is 4. The highest BCUT2D eigenvalue weighted by Crippen LogP contribution is 2.22. The van der Waals surface area contributed by atoms with E-state index in [2.05, 4.69) is 25.6 Å². The van der Waals surface area contributed by atoms with E-state index in [9.17, 15) is 24.0 Å². The van der Waals surface area contributed by atoms with Gasteiger partial charge in [-0.25, -0.2) is 9.78 Å². The number of benzene rings is 2. The van der Waals surface area contributed by atoms with Crippen LogP contribution in [0.2, 0.25) is 0 Å². The second-order valence-corrected chi connectivity index (χ2v) is 8.11. The zero-order valence-corrected chi connectivity index (χ0v) is 22.6. The molecule has 0 aliphatic carbocycles. The first kappa shape index (κ1) is 29.5. The molecule has 38 heavy (non-hydrogen) atoms. The second kappa shape index (κ2) is 13.0. The number of aromatic amines is 2. The molecule has 0 bridgehead atoms. The van der Waals surface area contributed by atoms with E-state index in [0.29, 0.717) is 39.7 Å². The van der Waals surface area contributed by atoms with E-state index in [1.807, 2.05) is 26.8 Å². The zero-order chi connectivity index (χ0) is 28.6. The van der Waals surface area contributed by atoms with Gasteiger partial charge in [0.2, 0.25) is 6.41 Å². The van der Waals surface area contributed by atoms with Gasteiger partial charge in [0.25, 0.3) is 17.0 Å². The van der Waals surface area contributed by atoms with Crippen LogP contribution in [0.3, 0.4) is 0 Å². The minimum Gasteiger partial charge on any atom is -0.385 e. The van der Waals surface area contributed by atoms with Crippen LogP contribution < -0.4 is 27.4 Å². The lowest BCUT2D eigenvalue weighted by molar-refractivity contribution is -0.105. The number of nitrogens with one attached hydrogen (secondary N) is 4. The largest absolute Gasteiger partial charge is 0.385 e. The summed E-state index contributed by atoms with van der Waals surface area (Å²) in [5.74, 6) is 0.155. The molecule has 202 valence electrons. The van der Waals surface area contributed by atoms with Crippen molar-refractivity contribution in [3.8, 4) is 0 Å². The Hall–Kier alpha value is -4.74. The Morgan fingerprint density at radius 1 is 1.08 bits per heavy atom. The molecule has 2 aromatic heterocycles. The number of carbonyl (C=O) groups is 2. The lowest BCUT2D eigenvalue weighted by atomic mass is 10.1. The van der Waals surface area contributed by atoms with Gasteiger partial charge in [0.1, 0.15) is 5.82 Å². The fraction of sp³-hybridized carbons (Fsp3) is 0.308. The molecule has 0 spiro atoms. The Bertz CT molecular complexity index is 1630. The van der Waals surface area contributed by atoms with E-state index >= 15 is 0 Å². The molecule has 0 atom stereocenters. The summed E-state index contributed by atoms with van der Waals surface area (Å²) < 4.78 is 1.06. The number of H-pyrrole nitrogens is 2. The highest BCUT2D eigenvalue weighted by molar-refractivity contribution is 6.05. The zero-order valence-electron chi connectivity index (χ0n) is 22.6. The molecule has 12 heteroatoms. The topological polar surface area (TPSA) is 162 Å². The molecule has 0 unspecified atom stereocenters. The van der Waals surface area contributed by atoms with Crippen LogP contribution in [0.15, 0.2) is 44.7 Å². The number of aryl methyl sites for hydroxylation is 1. The van der Waals surface area contributed by atoms with E-state index in [1.165, 1.54) is 24.1 Å². The third kappa shape index (κ3) is 6.52.